The van der Waals surface area contributed by atoms with Gasteiger partial charge in [0.25, 0.3) is 0 Å². The van der Waals surface area contributed by atoms with Crippen molar-refractivity contribution in [3.63, 3.8) is 0 Å². The lowest BCUT2D eigenvalue weighted by Crippen LogP contribution is -2.55. The molecule has 2 aliphatic carbocycles. The molecule has 0 radical (unpaired) electrons. The SMILES string of the molecule is COc1ccc2c(OC3C[C@H]4C(=O)N[C@]5(P(=O)(O)Cc6c(F)cccc6F)C[C@H]5CCCCCCC[C@H](NC(=O)OC5CCCC5)C(=O)N4C3)ncnc2c1Br. The van der Waals surface area contributed by atoms with Crippen LogP contribution >= 0.6 is 23.3 Å². The van der Waals surface area contributed by atoms with Gasteiger partial charge in [0, 0.05) is 12.0 Å². The number of ether oxygens (including phenoxy) is 3. The van der Waals surface area contributed by atoms with E-state index in [4.69, 9.17) is 14.2 Å². The maximum absolute atomic E-state index is 14.8. The number of nitrogens with zero attached hydrogens (tertiary/aromatic N) is 3. The van der Waals surface area contributed by atoms with Crippen LogP contribution in [0.2, 0.25) is 0 Å². The maximum atomic E-state index is 14.8. The average molecular weight is 863 g/mol. The van der Waals surface area contributed by atoms with Crippen molar-refractivity contribution in [2.24, 2.45) is 5.92 Å². The van der Waals surface area contributed by atoms with Crippen molar-refractivity contribution in [3.8, 4) is 11.6 Å². The topological polar surface area (TPSA) is 169 Å². The van der Waals surface area contributed by atoms with Crippen molar-refractivity contribution in [2.45, 2.75) is 119 Å². The molecular weight excluding hydrogens is 815 g/mol. The van der Waals surface area contributed by atoms with E-state index in [1.165, 1.54) is 24.4 Å². The van der Waals surface area contributed by atoms with E-state index >= 15 is 0 Å². The van der Waals surface area contributed by atoms with Crippen LogP contribution in [0.15, 0.2) is 41.1 Å². The molecule has 3 N–H and O–H groups in total. The summed E-state index contributed by atoms with van der Waals surface area (Å²) in [5, 5.41) is 4.55. The van der Waals surface area contributed by atoms with E-state index in [-0.39, 0.29) is 31.4 Å². The summed E-state index contributed by atoms with van der Waals surface area (Å²) in [6.07, 6.45) is 6.97. The first-order valence-electron chi connectivity index (χ1n) is 19.4. The van der Waals surface area contributed by atoms with Crippen molar-refractivity contribution in [2.75, 3.05) is 13.7 Å². The van der Waals surface area contributed by atoms with Gasteiger partial charge in [0.1, 0.15) is 53.3 Å². The Hall–Kier alpha value is -3.88. The van der Waals surface area contributed by atoms with Crippen LogP contribution in [0, 0.1) is 17.6 Å². The summed E-state index contributed by atoms with van der Waals surface area (Å²) < 4.78 is 62.0. The van der Waals surface area contributed by atoms with Gasteiger partial charge in [-0.25, -0.2) is 23.5 Å². The third-order valence-corrected chi connectivity index (χ3v) is 15.1. The molecule has 2 saturated heterocycles. The minimum absolute atomic E-state index is 0.0158. The standard InChI is InChI=1S/C39H47BrF2N5O8P/c1-53-32-17-16-26-34(33(32)40)43-22-44-36(26)54-25-18-31-35(48)46-39(56(51,52)21-27-28(41)13-9-14-29(27)42)19-23(39)10-5-3-2-4-6-15-30(37(49)47(31)20-25)45-38(50)55-24-11-7-8-12-24/h9,13-14,16-17,22-25,30-31H,2-8,10-12,15,18-21H2,1H3,(H,45,50)(H,46,48)(H,51,52)/t23-,25?,30+,31+,39+/m1/s1. The second kappa shape index (κ2) is 16.9. The quantitative estimate of drug-likeness (QED) is 0.199. The summed E-state index contributed by atoms with van der Waals surface area (Å²) in [5.74, 6) is -2.77. The molecule has 17 heteroatoms. The molecule has 1 aromatic heterocycles. The molecule has 2 aromatic carbocycles. The van der Waals surface area contributed by atoms with Gasteiger partial charge in [0.05, 0.1) is 35.2 Å². The number of methoxy groups -OCH3 is 1. The molecule has 3 amide bonds. The second-order valence-corrected chi connectivity index (χ2v) is 18.7. The van der Waals surface area contributed by atoms with Crippen LogP contribution in [0.5, 0.6) is 11.6 Å². The number of nitrogens with one attached hydrogen (secondary N) is 2. The van der Waals surface area contributed by atoms with Gasteiger partial charge in [-0.1, -0.05) is 38.2 Å². The van der Waals surface area contributed by atoms with Gasteiger partial charge in [0.15, 0.2) is 0 Å². The van der Waals surface area contributed by atoms with Crippen molar-refractivity contribution in [1.29, 1.82) is 0 Å². The highest BCUT2D eigenvalue weighted by Crippen LogP contribution is 2.71. The number of halogens is 3. The number of benzene rings is 2. The Balaban J connectivity index is 1.20. The van der Waals surface area contributed by atoms with E-state index in [1.54, 1.807) is 12.1 Å². The Morgan fingerprint density at radius 3 is 2.45 bits per heavy atom. The summed E-state index contributed by atoms with van der Waals surface area (Å²) in [4.78, 5) is 64.0. The largest absolute Gasteiger partial charge is 0.495 e. The van der Waals surface area contributed by atoms with Crippen LogP contribution in [-0.2, 0) is 25.1 Å². The van der Waals surface area contributed by atoms with Gasteiger partial charge in [0.2, 0.25) is 25.1 Å². The lowest BCUT2D eigenvalue weighted by molar-refractivity contribution is -0.140. The van der Waals surface area contributed by atoms with Crippen molar-refractivity contribution in [1.82, 2.24) is 25.5 Å². The first kappa shape index (κ1) is 40.3. The molecular formula is C39H47BrF2N5O8P. The Labute approximate surface area is 332 Å². The summed E-state index contributed by atoms with van der Waals surface area (Å²) in [6.45, 7) is -0.0662. The van der Waals surface area contributed by atoms with Crippen molar-refractivity contribution in [3.05, 3.63) is 58.3 Å². The minimum Gasteiger partial charge on any atom is -0.495 e. The summed E-state index contributed by atoms with van der Waals surface area (Å²) in [5.41, 5.74) is 0.00197. The molecule has 3 aromatic rings. The third kappa shape index (κ3) is 8.38. The number of carbonyl (C=O) groups is 3. The number of rotatable bonds is 8. The van der Waals surface area contributed by atoms with Gasteiger partial charge in [-0.3, -0.25) is 14.2 Å². The number of hydrogen-bond donors (Lipinski definition) is 3. The number of amides is 3. The summed E-state index contributed by atoms with van der Waals surface area (Å²) in [6, 6.07) is 4.51. The van der Waals surface area contributed by atoms with Crippen LogP contribution < -0.4 is 20.1 Å². The number of carbonyl (C=O) groups excluding carboxylic acids is 3. The summed E-state index contributed by atoms with van der Waals surface area (Å²) >= 11 is 3.52. The van der Waals surface area contributed by atoms with Crippen LogP contribution in [0.25, 0.3) is 10.9 Å². The van der Waals surface area contributed by atoms with Crippen LogP contribution in [0.1, 0.15) is 89.0 Å². The fourth-order valence-corrected chi connectivity index (χ4v) is 11.7. The second-order valence-electron chi connectivity index (χ2n) is 15.4. The molecule has 6 atom stereocenters. The van der Waals surface area contributed by atoms with Gasteiger partial charge in [-0.2, -0.15) is 0 Å². The number of fused-ring (bicyclic) bond motifs is 3. The smallest absolute Gasteiger partial charge is 0.408 e. The Morgan fingerprint density at radius 2 is 1.71 bits per heavy atom. The van der Waals surface area contributed by atoms with Crippen LogP contribution in [0.3, 0.4) is 0 Å². The molecule has 0 bridgehead atoms. The highest BCUT2D eigenvalue weighted by atomic mass is 79.9. The average Bonchev–Trinajstić information content (AvgIpc) is 3.44. The predicted molar refractivity (Wildman–Crippen MR) is 205 cm³/mol. The van der Waals surface area contributed by atoms with Crippen molar-refractivity contribution >= 4 is 52.1 Å². The first-order chi connectivity index (χ1) is 26.9. The normalized spacial score (nSPS) is 27.3. The maximum Gasteiger partial charge on any atom is 0.408 e. The molecule has 7 rings (SSSR count). The van der Waals surface area contributed by atoms with Crippen LogP contribution in [0.4, 0.5) is 13.6 Å². The Morgan fingerprint density at radius 1 is 1.02 bits per heavy atom. The third-order valence-electron chi connectivity index (χ3n) is 11.7. The number of alkyl carbamates (subject to hydrolysis) is 1. The molecule has 302 valence electrons. The van der Waals surface area contributed by atoms with E-state index in [0.717, 1.165) is 57.1 Å². The lowest BCUT2D eigenvalue weighted by Gasteiger charge is -2.31. The van der Waals surface area contributed by atoms with Gasteiger partial charge < -0.3 is 34.6 Å². The Kier molecular flexibility index (Phi) is 12.2. The van der Waals surface area contributed by atoms with E-state index in [0.29, 0.717) is 46.8 Å². The first-order valence-corrected chi connectivity index (χ1v) is 22.0. The minimum atomic E-state index is -4.51. The van der Waals surface area contributed by atoms with E-state index < -0.39 is 78.0 Å². The highest BCUT2D eigenvalue weighted by Gasteiger charge is 2.66. The zero-order chi connectivity index (χ0) is 39.6. The zero-order valence-corrected chi connectivity index (χ0v) is 33.7. The fraction of sp³-hybridized carbons (Fsp3) is 0.564. The molecule has 0 spiro atoms. The number of aromatic nitrogens is 2. The fourth-order valence-electron chi connectivity index (χ4n) is 8.56. The van der Waals surface area contributed by atoms with Gasteiger partial charge >= 0.3 is 6.09 Å². The molecule has 4 aliphatic rings. The summed E-state index contributed by atoms with van der Waals surface area (Å²) in [7, 11) is -2.98. The highest BCUT2D eigenvalue weighted by molar-refractivity contribution is 9.10. The lowest BCUT2D eigenvalue weighted by atomic mass is 10.0. The zero-order valence-electron chi connectivity index (χ0n) is 31.2. The molecule has 2 aliphatic heterocycles. The van der Waals surface area contributed by atoms with E-state index in [2.05, 4.69) is 36.5 Å². The molecule has 2 saturated carbocycles. The number of hydrogen-bond acceptors (Lipinski definition) is 9. The van der Waals surface area contributed by atoms with Gasteiger partial charge in [-0.15, -0.1) is 0 Å². The predicted octanol–water partition coefficient (Wildman–Crippen LogP) is 7.11. The molecule has 4 fully saturated rings. The van der Waals surface area contributed by atoms with E-state index in [9.17, 15) is 32.6 Å². The Bertz CT molecular complexity index is 2000. The molecule has 2 unspecified atom stereocenters. The molecule has 56 heavy (non-hydrogen) atoms. The van der Waals surface area contributed by atoms with E-state index in [1.807, 2.05) is 0 Å². The molecule has 3 heterocycles. The van der Waals surface area contributed by atoms with Crippen LogP contribution in [-0.4, -0.2) is 80.9 Å². The van der Waals surface area contributed by atoms with Crippen molar-refractivity contribution < 1.29 is 46.8 Å². The monoisotopic (exact) mass is 861 g/mol. The van der Waals surface area contributed by atoms with Gasteiger partial charge in [-0.05, 0) is 91.1 Å². The molecule has 13 nitrogen and oxygen atoms in total.